The maximum absolute atomic E-state index is 5.26. The molecule has 0 spiro atoms. The van der Waals surface area contributed by atoms with Crippen molar-refractivity contribution in [1.82, 2.24) is 20.0 Å². The molecule has 3 heterocycles. The minimum Gasteiger partial charge on any atom is -0.497 e. The Bertz CT molecular complexity index is 818. The molecule has 0 radical (unpaired) electrons. The number of ether oxygens (including phenoxy) is 1. The molecule has 0 aliphatic carbocycles. The minimum atomic E-state index is 0.416. The Balaban J connectivity index is 1.64. The van der Waals surface area contributed by atoms with E-state index in [0.717, 1.165) is 62.7 Å². The second kappa shape index (κ2) is 7.72. The third-order valence-corrected chi connectivity index (χ3v) is 5.61. The van der Waals surface area contributed by atoms with Crippen molar-refractivity contribution in [3.63, 3.8) is 0 Å². The van der Waals surface area contributed by atoms with Crippen molar-refractivity contribution in [2.75, 3.05) is 33.8 Å². The first-order chi connectivity index (χ1) is 13.2. The molecule has 2 aliphatic heterocycles. The normalized spacial score (nSPS) is 19.4. The summed E-state index contributed by atoms with van der Waals surface area (Å²) in [4.78, 5) is 7.46. The molecule has 0 atom stereocenters. The van der Waals surface area contributed by atoms with Crippen LogP contribution in [0.3, 0.4) is 0 Å². The number of nitrogens with zero attached hydrogens (tertiary/aromatic N) is 4. The van der Waals surface area contributed by atoms with Crippen LogP contribution in [0.25, 0.3) is 0 Å². The van der Waals surface area contributed by atoms with Crippen molar-refractivity contribution >= 4 is 5.84 Å². The Morgan fingerprint density at radius 3 is 2.67 bits per heavy atom. The van der Waals surface area contributed by atoms with Gasteiger partial charge in [0.05, 0.1) is 36.6 Å². The summed E-state index contributed by atoms with van der Waals surface area (Å²) < 4.78 is 7.43. The van der Waals surface area contributed by atoms with Crippen molar-refractivity contribution in [3.8, 4) is 5.75 Å². The lowest BCUT2D eigenvalue weighted by molar-refractivity contribution is 0.414. The van der Waals surface area contributed by atoms with Gasteiger partial charge < -0.3 is 15.0 Å². The fourth-order valence-electron chi connectivity index (χ4n) is 4.05. The number of nitrogens with one attached hydrogen (secondary N) is 1. The van der Waals surface area contributed by atoms with Gasteiger partial charge in [-0.05, 0) is 50.6 Å². The van der Waals surface area contributed by atoms with Gasteiger partial charge in [0.15, 0.2) is 0 Å². The van der Waals surface area contributed by atoms with Gasteiger partial charge in [-0.2, -0.15) is 5.10 Å². The summed E-state index contributed by atoms with van der Waals surface area (Å²) >= 11 is 0. The summed E-state index contributed by atoms with van der Waals surface area (Å²) in [6, 6.07) is 8.66. The van der Waals surface area contributed by atoms with Crippen LogP contribution in [0.2, 0.25) is 0 Å². The van der Waals surface area contributed by atoms with E-state index in [-0.39, 0.29) is 0 Å². The Kier molecular flexibility index (Phi) is 5.16. The van der Waals surface area contributed by atoms with E-state index in [1.807, 2.05) is 12.1 Å². The van der Waals surface area contributed by atoms with Gasteiger partial charge >= 0.3 is 0 Å². The number of rotatable bonds is 4. The van der Waals surface area contributed by atoms with E-state index in [4.69, 9.17) is 14.8 Å². The lowest BCUT2D eigenvalue weighted by atomic mass is 10.0. The number of fused-ring (bicyclic) bond motifs is 1. The van der Waals surface area contributed by atoms with Gasteiger partial charge in [-0.15, -0.1) is 0 Å². The smallest absolute Gasteiger partial charge is 0.134 e. The van der Waals surface area contributed by atoms with Gasteiger partial charge in [-0.1, -0.05) is 12.1 Å². The van der Waals surface area contributed by atoms with E-state index >= 15 is 0 Å². The maximum atomic E-state index is 5.26. The van der Waals surface area contributed by atoms with Gasteiger partial charge in [-0.3, -0.25) is 9.67 Å². The molecule has 1 fully saturated rings. The first-order valence-electron chi connectivity index (χ1n) is 9.85. The predicted octanol–water partition coefficient (Wildman–Crippen LogP) is 2.23. The summed E-state index contributed by atoms with van der Waals surface area (Å²) in [6.07, 6.45) is 3.24. The molecule has 0 amide bonds. The Morgan fingerprint density at radius 2 is 1.96 bits per heavy atom. The maximum Gasteiger partial charge on any atom is 0.134 e. The molecule has 6 heteroatoms. The molecule has 0 bridgehead atoms. The van der Waals surface area contributed by atoms with E-state index < -0.39 is 0 Å². The highest BCUT2D eigenvalue weighted by molar-refractivity contribution is 6.01. The van der Waals surface area contributed by atoms with Crippen molar-refractivity contribution in [2.45, 2.75) is 38.8 Å². The number of hydrogen-bond acceptors (Lipinski definition) is 4. The molecule has 2 aromatic rings. The number of amidine groups is 1. The molecule has 6 nitrogen and oxygen atoms in total. The minimum absolute atomic E-state index is 0.416. The number of benzene rings is 1. The molecule has 1 aromatic heterocycles. The summed E-state index contributed by atoms with van der Waals surface area (Å²) in [7, 11) is 3.85. The molecule has 1 saturated heterocycles. The number of aryl methyl sites for hydroxylation is 1. The average molecular weight is 367 g/mol. The van der Waals surface area contributed by atoms with Crippen molar-refractivity contribution < 1.29 is 4.74 Å². The lowest BCUT2D eigenvalue weighted by Gasteiger charge is -2.29. The van der Waals surface area contributed by atoms with Crippen molar-refractivity contribution in [2.24, 2.45) is 4.99 Å². The van der Waals surface area contributed by atoms with E-state index in [2.05, 4.69) is 41.0 Å². The number of methoxy groups -OCH3 is 1. The van der Waals surface area contributed by atoms with Crippen molar-refractivity contribution in [1.29, 1.82) is 0 Å². The second-order valence-corrected chi connectivity index (χ2v) is 7.52. The molecular weight excluding hydrogens is 338 g/mol. The molecule has 144 valence electrons. The van der Waals surface area contributed by atoms with Gasteiger partial charge in [0.1, 0.15) is 11.6 Å². The second-order valence-electron chi connectivity index (χ2n) is 7.52. The fourth-order valence-corrected chi connectivity index (χ4v) is 4.05. The van der Waals surface area contributed by atoms with Crippen LogP contribution >= 0.6 is 0 Å². The average Bonchev–Trinajstić information content (AvgIpc) is 3.01. The predicted molar refractivity (Wildman–Crippen MR) is 108 cm³/mol. The molecule has 0 unspecified atom stereocenters. The number of hydrogen-bond donors (Lipinski definition) is 1. The van der Waals surface area contributed by atoms with Crippen LogP contribution in [-0.2, 0) is 13.0 Å². The van der Waals surface area contributed by atoms with Gasteiger partial charge in [0.25, 0.3) is 0 Å². The Hall–Kier alpha value is -2.34. The molecule has 2 aliphatic rings. The first kappa shape index (κ1) is 18.0. The SMILES string of the molecule is COc1ccc(Cn2nc(C)c3c2CCN(C)C3=NC2CCNCC2)cc1. The van der Waals surface area contributed by atoms with Crippen molar-refractivity contribution in [3.05, 3.63) is 46.8 Å². The molecule has 1 N–H and O–H groups in total. The van der Waals surface area contributed by atoms with Gasteiger partial charge in [-0.25, -0.2) is 0 Å². The highest BCUT2D eigenvalue weighted by Crippen LogP contribution is 2.25. The highest BCUT2D eigenvalue weighted by Gasteiger charge is 2.28. The molecular formula is C21H29N5O. The zero-order chi connectivity index (χ0) is 18.8. The number of aromatic nitrogens is 2. The zero-order valence-corrected chi connectivity index (χ0v) is 16.5. The highest BCUT2D eigenvalue weighted by atomic mass is 16.5. The third kappa shape index (κ3) is 3.72. The molecule has 1 aromatic carbocycles. The van der Waals surface area contributed by atoms with Crippen LogP contribution in [0, 0.1) is 6.92 Å². The number of piperidine rings is 1. The topological polar surface area (TPSA) is 54.7 Å². The zero-order valence-electron chi connectivity index (χ0n) is 16.5. The summed E-state index contributed by atoms with van der Waals surface area (Å²) in [5, 5.41) is 8.30. The van der Waals surface area contributed by atoms with E-state index in [9.17, 15) is 0 Å². The quantitative estimate of drug-likeness (QED) is 0.900. The Morgan fingerprint density at radius 1 is 1.22 bits per heavy atom. The van der Waals surface area contributed by atoms with Crippen LogP contribution in [-0.4, -0.2) is 60.3 Å². The monoisotopic (exact) mass is 367 g/mol. The first-order valence-corrected chi connectivity index (χ1v) is 9.85. The standard InChI is InChI=1S/C21H29N5O/c1-15-20-19(26(24-15)14-16-4-6-18(27-3)7-5-16)10-13-25(2)21(20)23-17-8-11-22-12-9-17/h4-7,17,22H,8-14H2,1-3H3. The molecule has 27 heavy (non-hydrogen) atoms. The van der Waals surface area contributed by atoms with E-state index in [0.29, 0.717) is 6.04 Å². The third-order valence-electron chi connectivity index (χ3n) is 5.61. The molecule has 0 saturated carbocycles. The fraction of sp³-hybridized carbons (Fsp3) is 0.524. The Labute approximate surface area is 161 Å². The van der Waals surface area contributed by atoms with E-state index in [1.54, 1.807) is 7.11 Å². The summed E-state index contributed by atoms with van der Waals surface area (Å²) in [5.41, 5.74) is 4.87. The van der Waals surface area contributed by atoms with Crippen LogP contribution in [0.4, 0.5) is 0 Å². The van der Waals surface area contributed by atoms with E-state index in [1.165, 1.54) is 16.8 Å². The number of likely N-dealkylation sites (N-methyl/N-ethyl adjacent to an activating group) is 1. The van der Waals surface area contributed by atoms with Crippen LogP contribution in [0.5, 0.6) is 5.75 Å². The molecule has 4 rings (SSSR count). The summed E-state index contributed by atoms with van der Waals surface area (Å²) in [6.45, 7) is 6.01. The lowest BCUT2D eigenvalue weighted by Crippen LogP contribution is -2.38. The largest absolute Gasteiger partial charge is 0.497 e. The van der Waals surface area contributed by atoms with Gasteiger partial charge in [0.2, 0.25) is 0 Å². The van der Waals surface area contributed by atoms with Crippen LogP contribution in [0.15, 0.2) is 29.3 Å². The van der Waals surface area contributed by atoms with Crippen LogP contribution < -0.4 is 10.1 Å². The van der Waals surface area contributed by atoms with Crippen LogP contribution in [0.1, 0.15) is 35.4 Å². The number of aliphatic imine (C=N–C) groups is 1. The summed E-state index contributed by atoms with van der Waals surface area (Å²) in [5.74, 6) is 2.01. The van der Waals surface area contributed by atoms with Gasteiger partial charge in [0, 0.05) is 20.0 Å².